The van der Waals surface area contributed by atoms with Gasteiger partial charge in [-0.1, -0.05) is 127 Å². The number of hydrogen-bond donors (Lipinski definition) is 0. The summed E-state index contributed by atoms with van der Waals surface area (Å²) in [6.45, 7) is 0. The number of nitrogens with zero attached hydrogens (tertiary/aromatic N) is 4. The van der Waals surface area contributed by atoms with Gasteiger partial charge in [-0.15, -0.1) is 11.8 Å². The molecule has 1 aliphatic rings. The average molecular weight is 687 g/mol. The molecule has 0 spiro atoms. The molecule has 248 valence electrons. The Bertz CT molecular complexity index is 2660. The zero-order valence-corrected chi connectivity index (χ0v) is 29.5. The number of fused-ring (bicyclic) bond motifs is 3. The predicted molar refractivity (Wildman–Crippen MR) is 218 cm³/mol. The average Bonchev–Trinajstić information content (AvgIpc) is 3.23. The molecule has 0 saturated carbocycles. The van der Waals surface area contributed by atoms with Crippen LogP contribution in [0.3, 0.4) is 0 Å². The van der Waals surface area contributed by atoms with Gasteiger partial charge in [-0.3, -0.25) is 0 Å². The fourth-order valence-corrected chi connectivity index (χ4v) is 7.43. The van der Waals surface area contributed by atoms with E-state index in [0.717, 1.165) is 62.5 Å². The highest BCUT2D eigenvalue weighted by molar-refractivity contribution is 7.98. The van der Waals surface area contributed by atoms with Gasteiger partial charge in [0.25, 0.3) is 0 Å². The van der Waals surface area contributed by atoms with Crippen molar-refractivity contribution in [2.45, 2.75) is 17.9 Å². The molecule has 0 radical (unpaired) electrons. The SMILES string of the molecule is CSc1cccc(-c2ccc(-c3cc(-c4nc(C5=CCCC=C5)nc(-c5ccccc5)n4)cc(-c4cc5ccccc5c5ccccc45)c3)cc2)n1. The second-order valence-electron chi connectivity index (χ2n) is 12.9. The van der Waals surface area contributed by atoms with E-state index in [1.165, 1.54) is 27.1 Å². The summed E-state index contributed by atoms with van der Waals surface area (Å²) in [6, 6.07) is 51.5. The lowest BCUT2D eigenvalue weighted by Crippen LogP contribution is -2.03. The van der Waals surface area contributed by atoms with Gasteiger partial charge >= 0.3 is 0 Å². The van der Waals surface area contributed by atoms with Gasteiger partial charge in [-0.2, -0.15) is 0 Å². The van der Waals surface area contributed by atoms with Crippen molar-refractivity contribution in [1.82, 2.24) is 19.9 Å². The minimum absolute atomic E-state index is 0.645. The third-order valence-corrected chi connectivity index (χ3v) is 10.3. The van der Waals surface area contributed by atoms with E-state index in [2.05, 4.69) is 146 Å². The van der Waals surface area contributed by atoms with Gasteiger partial charge in [-0.05, 0) is 99.3 Å². The fourth-order valence-electron chi connectivity index (χ4n) is 7.02. The summed E-state index contributed by atoms with van der Waals surface area (Å²) in [6.07, 6.45) is 10.6. The van der Waals surface area contributed by atoms with Crippen LogP contribution in [0.5, 0.6) is 0 Å². The molecule has 0 N–H and O–H groups in total. The minimum atomic E-state index is 0.645. The highest BCUT2D eigenvalue weighted by Crippen LogP contribution is 2.39. The minimum Gasteiger partial charge on any atom is -0.242 e. The van der Waals surface area contributed by atoms with Crippen molar-refractivity contribution in [3.63, 3.8) is 0 Å². The molecule has 0 saturated heterocycles. The summed E-state index contributed by atoms with van der Waals surface area (Å²) in [5, 5.41) is 5.90. The molecule has 8 aromatic rings. The zero-order chi connectivity index (χ0) is 34.9. The second-order valence-corrected chi connectivity index (χ2v) is 13.8. The van der Waals surface area contributed by atoms with Crippen LogP contribution in [-0.4, -0.2) is 26.2 Å². The molecule has 2 heterocycles. The van der Waals surface area contributed by atoms with Crippen molar-refractivity contribution in [3.8, 4) is 56.3 Å². The van der Waals surface area contributed by atoms with E-state index in [0.29, 0.717) is 17.5 Å². The van der Waals surface area contributed by atoms with Gasteiger partial charge < -0.3 is 0 Å². The van der Waals surface area contributed by atoms with Crippen molar-refractivity contribution in [3.05, 3.63) is 170 Å². The van der Waals surface area contributed by atoms with E-state index in [9.17, 15) is 0 Å². The van der Waals surface area contributed by atoms with Crippen molar-refractivity contribution in [2.24, 2.45) is 0 Å². The van der Waals surface area contributed by atoms with Crippen molar-refractivity contribution in [2.75, 3.05) is 6.26 Å². The van der Waals surface area contributed by atoms with Crippen LogP contribution in [0.4, 0.5) is 0 Å². The number of allylic oxidation sites excluding steroid dienone is 4. The molecule has 0 amide bonds. The Balaban J connectivity index is 1.26. The van der Waals surface area contributed by atoms with Crippen molar-refractivity contribution in [1.29, 1.82) is 0 Å². The van der Waals surface area contributed by atoms with Crippen LogP contribution in [0.25, 0.3) is 83.4 Å². The van der Waals surface area contributed by atoms with Gasteiger partial charge in [0, 0.05) is 22.3 Å². The topological polar surface area (TPSA) is 51.6 Å². The third kappa shape index (κ3) is 6.21. The first-order chi connectivity index (χ1) is 25.7. The number of pyridine rings is 1. The van der Waals surface area contributed by atoms with E-state index in [1.54, 1.807) is 11.8 Å². The molecule has 5 heteroatoms. The van der Waals surface area contributed by atoms with E-state index in [-0.39, 0.29) is 0 Å². The first-order valence-corrected chi connectivity index (χ1v) is 18.8. The molecule has 2 aromatic heterocycles. The Morgan fingerprint density at radius 2 is 1.13 bits per heavy atom. The number of thioether (sulfide) groups is 1. The first kappa shape index (κ1) is 31.8. The van der Waals surface area contributed by atoms with E-state index >= 15 is 0 Å². The van der Waals surface area contributed by atoms with Crippen molar-refractivity contribution >= 4 is 38.9 Å². The molecule has 4 nitrogen and oxygen atoms in total. The number of rotatable bonds is 7. The van der Waals surface area contributed by atoms with Gasteiger partial charge in [0.05, 0.1) is 10.7 Å². The maximum absolute atomic E-state index is 5.15. The van der Waals surface area contributed by atoms with Crippen LogP contribution >= 0.6 is 11.8 Å². The molecule has 0 fully saturated rings. The van der Waals surface area contributed by atoms with Crippen LogP contribution < -0.4 is 0 Å². The number of hydrogen-bond acceptors (Lipinski definition) is 5. The molecule has 0 aliphatic heterocycles. The smallest absolute Gasteiger partial charge is 0.164 e. The quantitative estimate of drug-likeness (QED) is 0.123. The maximum atomic E-state index is 5.15. The summed E-state index contributed by atoms with van der Waals surface area (Å²) in [4.78, 5) is 20.1. The van der Waals surface area contributed by atoms with E-state index < -0.39 is 0 Å². The predicted octanol–water partition coefficient (Wildman–Crippen LogP) is 12.4. The standard InChI is InChI=1S/C47H34N4S/c1-52-44-22-12-21-43(48-44)32-25-23-31(24-26-32)36-27-37(42-30-35-17-8-9-18-39(35)40-19-10-11-20-41(40)42)29-38(28-36)47-50-45(33-13-4-2-5-14-33)49-46(51-47)34-15-6-3-7-16-34/h2,4-6,8-30H,3,7H2,1H3. The molecule has 0 unspecified atom stereocenters. The summed E-state index contributed by atoms with van der Waals surface area (Å²) < 4.78 is 0. The van der Waals surface area contributed by atoms with Crippen LogP contribution in [0.1, 0.15) is 18.7 Å². The van der Waals surface area contributed by atoms with Crippen LogP contribution in [0, 0.1) is 0 Å². The summed E-state index contributed by atoms with van der Waals surface area (Å²) in [7, 11) is 0. The Morgan fingerprint density at radius 3 is 1.92 bits per heavy atom. The van der Waals surface area contributed by atoms with Gasteiger partial charge in [0.2, 0.25) is 0 Å². The molecule has 9 rings (SSSR count). The van der Waals surface area contributed by atoms with E-state index in [1.807, 2.05) is 24.3 Å². The Morgan fingerprint density at radius 1 is 0.462 bits per heavy atom. The number of benzene rings is 6. The first-order valence-electron chi connectivity index (χ1n) is 17.6. The highest BCUT2D eigenvalue weighted by Gasteiger charge is 2.17. The highest BCUT2D eigenvalue weighted by atomic mass is 32.2. The lowest BCUT2D eigenvalue weighted by atomic mass is 9.90. The second kappa shape index (κ2) is 13.9. The van der Waals surface area contributed by atoms with Gasteiger partial charge in [0.1, 0.15) is 0 Å². The lowest BCUT2D eigenvalue weighted by molar-refractivity contribution is 1.01. The third-order valence-electron chi connectivity index (χ3n) is 9.64. The monoisotopic (exact) mass is 686 g/mol. The summed E-state index contributed by atoms with van der Waals surface area (Å²) >= 11 is 1.65. The van der Waals surface area contributed by atoms with Gasteiger partial charge in [0.15, 0.2) is 17.5 Å². The molecular weight excluding hydrogens is 653 g/mol. The zero-order valence-electron chi connectivity index (χ0n) is 28.7. The largest absolute Gasteiger partial charge is 0.242 e. The molecular formula is C47H34N4S. The molecule has 0 atom stereocenters. The fraction of sp³-hybridized carbons (Fsp3) is 0.0638. The number of aromatic nitrogens is 4. The van der Waals surface area contributed by atoms with E-state index in [4.69, 9.17) is 19.9 Å². The molecule has 0 bridgehead atoms. The molecule has 52 heavy (non-hydrogen) atoms. The molecule has 1 aliphatic carbocycles. The summed E-state index contributed by atoms with van der Waals surface area (Å²) in [5.74, 6) is 1.99. The normalized spacial score (nSPS) is 12.7. The Hall–Kier alpha value is -6.17. The van der Waals surface area contributed by atoms with Gasteiger partial charge in [-0.25, -0.2) is 19.9 Å². The summed E-state index contributed by atoms with van der Waals surface area (Å²) in [5.41, 5.74) is 9.43. The van der Waals surface area contributed by atoms with Crippen molar-refractivity contribution < 1.29 is 0 Å². The van der Waals surface area contributed by atoms with Crippen LogP contribution in [0.2, 0.25) is 0 Å². The molecule has 6 aromatic carbocycles. The Labute approximate surface area is 307 Å². The lowest BCUT2D eigenvalue weighted by Gasteiger charge is -2.15. The maximum Gasteiger partial charge on any atom is 0.164 e. The van der Waals surface area contributed by atoms with Crippen LogP contribution in [0.15, 0.2) is 169 Å². The van der Waals surface area contributed by atoms with Crippen LogP contribution in [-0.2, 0) is 0 Å². The Kier molecular flexibility index (Phi) is 8.47.